The van der Waals surface area contributed by atoms with Crippen molar-refractivity contribution in [3.05, 3.63) is 34.1 Å². The molecule has 104 valence electrons. The first-order chi connectivity index (χ1) is 8.95. The Morgan fingerprint density at radius 1 is 1.37 bits per heavy atom. The monoisotopic (exact) mass is 362 g/mol. The van der Waals surface area contributed by atoms with Gasteiger partial charge in [0.25, 0.3) is 0 Å². The third-order valence-corrected chi connectivity index (χ3v) is 7.11. The van der Waals surface area contributed by atoms with E-state index in [1.165, 1.54) is 12.1 Å². The minimum Gasteiger partial charge on any atom is -0.298 e. The van der Waals surface area contributed by atoms with Crippen LogP contribution in [0, 0.1) is 5.82 Å². The molecule has 1 aliphatic rings. The molecule has 0 saturated carbocycles. The van der Waals surface area contributed by atoms with Crippen LogP contribution in [0.2, 0.25) is 0 Å². The Morgan fingerprint density at radius 3 is 2.74 bits per heavy atom. The zero-order chi connectivity index (χ0) is 14.0. The lowest BCUT2D eigenvalue weighted by Crippen LogP contribution is -2.32. The highest BCUT2D eigenvalue weighted by atomic mass is 79.9. The van der Waals surface area contributed by atoms with Crippen molar-refractivity contribution in [1.29, 1.82) is 0 Å². The van der Waals surface area contributed by atoms with Gasteiger partial charge in [-0.1, -0.05) is 29.8 Å². The zero-order valence-corrected chi connectivity index (χ0v) is 14.1. The van der Waals surface area contributed by atoms with Crippen LogP contribution in [0.5, 0.6) is 0 Å². The van der Waals surface area contributed by atoms with Crippen LogP contribution in [0.4, 0.5) is 4.39 Å². The third-order valence-electron chi connectivity index (χ3n) is 3.21. The molecule has 0 bridgehead atoms. The van der Waals surface area contributed by atoms with Crippen LogP contribution in [-0.2, 0) is 11.2 Å². The Balaban J connectivity index is 2.01. The van der Waals surface area contributed by atoms with Gasteiger partial charge in [0.05, 0.1) is 5.25 Å². The molecule has 0 radical (unpaired) electrons. The van der Waals surface area contributed by atoms with Crippen molar-refractivity contribution < 1.29 is 9.18 Å². The maximum atomic E-state index is 13.3. The standard InChI is InChI=1S/C14H16BrFOS2/c1-8-9(2)19-14(7-18-8)13(17)5-10-3-11(15)6-12(16)4-10/h3-4,6,8-9,14H,5,7H2,1-2H3. The molecule has 1 saturated heterocycles. The molecule has 0 aromatic heterocycles. The van der Waals surface area contributed by atoms with E-state index >= 15 is 0 Å². The first kappa shape index (κ1) is 15.4. The van der Waals surface area contributed by atoms with Gasteiger partial charge in [0, 0.05) is 27.1 Å². The van der Waals surface area contributed by atoms with E-state index in [1.54, 1.807) is 11.8 Å². The highest BCUT2D eigenvalue weighted by molar-refractivity contribution is 9.10. The molecule has 5 heteroatoms. The summed E-state index contributed by atoms with van der Waals surface area (Å²) in [6, 6.07) is 4.66. The minimum absolute atomic E-state index is 0.0400. The lowest BCUT2D eigenvalue weighted by molar-refractivity contribution is -0.117. The number of rotatable bonds is 3. The van der Waals surface area contributed by atoms with Gasteiger partial charge >= 0.3 is 0 Å². The summed E-state index contributed by atoms with van der Waals surface area (Å²) in [6.45, 7) is 4.37. The molecule has 3 atom stereocenters. The van der Waals surface area contributed by atoms with Gasteiger partial charge in [-0.3, -0.25) is 4.79 Å². The van der Waals surface area contributed by atoms with Gasteiger partial charge in [0.2, 0.25) is 0 Å². The van der Waals surface area contributed by atoms with E-state index in [2.05, 4.69) is 29.8 Å². The van der Waals surface area contributed by atoms with E-state index in [0.29, 0.717) is 21.4 Å². The fraction of sp³-hybridized carbons (Fsp3) is 0.500. The summed E-state index contributed by atoms with van der Waals surface area (Å²) in [6.07, 6.45) is 0.315. The molecule has 0 amide bonds. The number of ketones is 1. The maximum Gasteiger partial charge on any atom is 0.151 e. The van der Waals surface area contributed by atoms with Crippen molar-refractivity contribution in [1.82, 2.24) is 0 Å². The molecule has 0 N–H and O–H groups in total. The summed E-state index contributed by atoms with van der Waals surface area (Å²) in [7, 11) is 0. The summed E-state index contributed by atoms with van der Waals surface area (Å²) in [4.78, 5) is 12.3. The van der Waals surface area contributed by atoms with Gasteiger partial charge in [0.1, 0.15) is 5.82 Å². The molecule has 1 aromatic rings. The quantitative estimate of drug-likeness (QED) is 0.796. The molecule has 1 nitrogen and oxygen atoms in total. The zero-order valence-electron chi connectivity index (χ0n) is 10.9. The van der Waals surface area contributed by atoms with Crippen molar-refractivity contribution in [2.24, 2.45) is 0 Å². The van der Waals surface area contributed by atoms with Gasteiger partial charge in [-0.05, 0) is 23.8 Å². The number of hydrogen-bond acceptors (Lipinski definition) is 3. The molecule has 1 aliphatic heterocycles. The van der Waals surface area contributed by atoms with Gasteiger partial charge in [-0.2, -0.15) is 11.8 Å². The topological polar surface area (TPSA) is 17.1 Å². The number of halogens is 2. The molecule has 0 spiro atoms. The molecular weight excluding hydrogens is 347 g/mol. The molecule has 3 unspecified atom stereocenters. The third kappa shape index (κ3) is 4.23. The molecule has 1 fully saturated rings. The Kier molecular flexibility index (Phi) is 5.37. The second-order valence-electron chi connectivity index (χ2n) is 4.79. The summed E-state index contributed by atoms with van der Waals surface area (Å²) in [5.74, 6) is 0.768. The molecule has 19 heavy (non-hydrogen) atoms. The number of Topliss-reactive ketones (excluding diaryl/α,β-unsaturated/α-hetero) is 1. The molecule has 1 aromatic carbocycles. The van der Waals surface area contributed by atoms with E-state index in [4.69, 9.17) is 0 Å². The molecule has 2 rings (SSSR count). The predicted octanol–water partition coefficient (Wildman–Crippen LogP) is 4.33. The minimum atomic E-state index is -0.301. The van der Waals surface area contributed by atoms with E-state index in [1.807, 2.05) is 17.8 Å². The van der Waals surface area contributed by atoms with Crippen LogP contribution in [0.25, 0.3) is 0 Å². The highest BCUT2D eigenvalue weighted by Crippen LogP contribution is 2.36. The van der Waals surface area contributed by atoms with Crippen molar-refractivity contribution in [2.45, 2.75) is 36.0 Å². The number of hydrogen-bond donors (Lipinski definition) is 0. The summed E-state index contributed by atoms with van der Waals surface area (Å²) >= 11 is 6.86. The SMILES string of the molecule is CC1SCC(C(=O)Cc2cc(F)cc(Br)c2)SC1C. The smallest absolute Gasteiger partial charge is 0.151 e. The number of thioether (sulfide) groups is 2. The first-order valence-electron chi connectivity index (χ1n) is 6.20. The fourth-order valence-corrected chi connectivity index (χ4v) is 5.38. The molecule has 0 aliphatic carbocycles. The Morgan fingerprint density at radius 2 is 2.11 bits per heavy atom. The highest BCUT2D eigenvalue weighted by Gasteiger charge is 2.30. The van der Waals surface area contributed by atoms with Crippen LogP contribution in [0.3, 0.4) is 0 Å². The van der Waals surface area contributed by atoms with Gasteiger partial charge < -0.3 is 0 Å². The van der Waals surface area contributed by atoms with Crippen LogP contribution >= 0.6 is 39.5 Å². The van der Waals surface area contributed by atoms with E-state index in [-0.39, 0.29) is 16.9 Å². The summed E-state index contributed by atoms with van der Waals surface area (Å²) in [5.41, 5.74) is 0.744. The average Bonchev–Trinajstić information content (AvgIpc) is 2.31. The normalized spacial score (nSPS) is 27.3. The summed E-state index contributed by atoms with van der Waals surface area (Å²) < 4.78 is 14.0. The van der Waals surface area contributed by atoms with Crippen molar-refractivity contribution in [3.63, 3.8) is 0 Å². The van der Waals surface area contributed by atoms with Gasteiger partial charge in [-0.25, -0.2) is 4.39 Å². The number of carbonyl (C=O) groups excluding carboxylic acids is 1. The van der Waals surface area contributed by atoms with Crippen LogP contribution in [0.15, 0.2) is 22.7 Å². The second-order valence-corrected chi connectivity index (χ2v) is 8.70. The largest absolute Gasteiger partial charge is 0.298 e. The van der Waals surface area contributed by atoms with E-state index in [9.17, 15) is 9.18 Å². The van der Waals surface area contributed by atoms with E-state index in [0.717, 1.165) is 11.3 Å². The maximum absolute atomic E-state index is 13.3. The lowest BCUT2D eigenvalue weighted by atomic mass is 10.1. The van der Waals surface area contributed by atoms with Gasteiger partial charge in [-0.15, -0.1) is 11.8 Å². The predicted molar refractivity (Wildman–Crippen MR) is 85.6 cm³/mol. The summed E-state index contributed by atoms with van der Waals surface area (Å²) in [5, 5.41) is 1.13. The Labute approximate surface area is 130 Å². The van der Waals surface area contributed by atoms with Crippen LogP contribution in [-0.4, -0.2) is 27.3 Å². The Hall–Kier alpha value is -0.000000000000000111. The van der Waals surface area contributed by atoms with Crippen LogP contribution < -0.4 is 0 Å². The second kappa shape index (κ2) is 6.64. The molecular formula is C14H16BrFOS2. The average molecular weight is 363 g/mol. The van der Waals surface area contributed by atoms with Crippen molar-refractivity contribution in [3.8, 4) is 0 Å². The van der Waals surface area contributed by atoms with E-state index < -0.39 is 0 Å². The van der Waals surface area contributed by atoms with Crippen LogP contribution in [0.1, 0.15) is 19.4 Å². The first-order valence-corrected chi connectivity index (χ1v) is 8.99. The number of carbonyl (C=O) groups is 1. The molecule has 1 heterocycles. The Bertz CT molecular complexity index is 460. The van der Waals surface area contributed by atoms with Crippen molar-refractivity contribution >= 4 is 45.2 Å². The van der Waals surface area contributed by atoms with Crippen molar-refractivity contribution in [2.75, 3.05) is 5.75 Å². The lowest BCUT2D eigenvalue weighted by Gasteiger charge is -2.30. The number of benzene rings is 1. The fourth-order valence-electron chi connectivity index (χ4n) is 1.98. The van der Waals surface area contributed by atoms with Gasteiger partial charge in [0.15, 0.2) is 5.78 Å².